The van der Waals surface area contributed by atoms with Crippen LogP contribution in [0.2, 0.25) is 0 Å². The monoisotopic (exact) mass is 356 g/mol. The molecule has 0 bridgehead atoms. The van der Waals surface area contributed by atoms with E-state index >= 15 is 0 Å². The predicted octanol–water partition coefficient (Wildman–Crippen LogP) is 2.38. The second-order valence-electron chi connectivity index (χ2n) is 7.56. The number of nitrogens with zero attached hydrogens (tertiary/aromatic N) is 4. The third-order valence-electron chi connectivity index (χ3n) is 4.40. The molecule has 0 N–H and O–H groups in total. The number of amides is 2. The molecule has 1 aliphatic rings. The molecule has 7 nitrogen and oxygen atoms in total. The molecule has 2 heterocycles. The van der Waals surface area contributed by atoms with Gasteiger partial charge in [-0.05, 0) is 31.2 Å². The van der Waals surface area contributed by atoms with Crippen molar-refractivity contribution < 1.29 is 14.1 Å². The average Bonchev–Trinajstić information content (AvgIpc) is 3.06. The number of carbonyl (C=O) groups is 2. The minimum atomic E-state index is -0.394. The van der Waals surface area contributed by atoms with Crippen LogP contribution in [0.5, 0.6) is 0 Å². The van der Waals surface area contributed by atoms with Gasteiger partial charge in [0.25, 0.3) is 11.8 Å². The zero-order valence-corrected chi connectivity index (χ0v) is 15.7. The van der Waals surface area contributed by atoms with Crippen LogP contribution in [-0.2, 0) is 4.79 Å². The lowest BCUT2D eigenvalue weighted by Crippen LogP contribution is -2.53. The third kappa shape index (κ3) is 3.76. The quantitative estimate of drug-likeness (QED) is 0.825. The molecule has 1 fully saturated rings. The summed E-state index contributed by atoms with van der Waals surface area (Å²) >= 11 is 0. The first kappa shape index (κ1) is 18.1. The zero-order chi connectivity index (χ0) is 18.9. The van der Waals surface area contributed by atoms with Crippen LogP contribution in [0.3, 0.4) is 0 Å². The van der Waals surface area contributed by atoms with Crippen LogP contribution in [-0.4, -0.2) is 57.9 Å². The van der Waals surface area contributed by atoms with Gasteiger partial charge in [-0.2, -0.15) is 4.98 Å². The molecule has 1 aliphatic heterocycles. The first-order valence-electron chi connectivity index (χ1n) is 8.75. The zero-order valence-electron chi connectivity index (χ0n) is 15.7. The number of rotatable bonds is 2. The molecule has 1 saturated heterocycles. The summed E-state index contributed by atoms with van der Waals surface area (Å²) < 4.78 is 5.13. The molecule has 1 aromatic heterocycles. The molecular weight excluding hydrogens is 332 g/mol. The maximum Gasteiger partial charge on any atom is 0.257 e. The van der Waals surface area contributed by atoms with Gasteiger partial charge in [0.1, 0.15) is 0 Å². The largest absolute Gasteiger partial charge is 0.339 e. The molecule has 0 radical (unpaired) electrons. The Morgan fingerprint density at radius 3 is 2.08 bits per heavy atom. The topological polar surface area (TPSA) is 79.5 Å². The van der Waals surface area contributed by atoms with Gasteiger partial charge in [-0.25, -0.2) is 0 Å². The number of carbonyl (C=O) groups excluding carboxylic acids is 2. The van der Waals surface area contributed by atoms with Gasteiger partial charge < -0.3 is 14.3 Å². The van der Waals surface area contributed by atoms with Gasteiger partial charge in [-0.15, -0.1) is 0 Å². The molecule has 3 rings (SSSR count). The SMILES string of the molecule is Cc1noc(-c2ccc(C(=O)N3CCN(C(=O)C(C)(C)C)CC3)cc2)n1. The van der Waals surface area contributed by atoms with Crippen LogP contribution in [0.1, 0.15) is 37.0 Å². The Morgan fingerprint density at radius 2 is 1.58 bits per heavy atom. The normalized spacial score (nSPS) is 15.2. The smallest absolute Gasteiger partial charge is 0.257 e. The van der Waals surface area contributed by atoms with Crippen LogP contribution < -0.4 is 0 Å². The van der Waals surface area contributed by atoms with Gasteiger partial charge in [0.05, 0.1) is 0 Å². The van der Waals surface area contributed by atoms with E-state index in [4.69, 9.17) is 4.52 Å². The Kier molecular flexibility index (Phi) is 4.80. The highest BCUT2D eigenvalue weighted by molar-refractivity contribution is 5.94. The molecule has 0 aliphatic carbocycles. The lowest BCUT2D eigenvalue weighted by molar-refractivity contribution is -0.140. The van der Waals surface area contributed by atoms with Crippen molar-refractivity contribution in [3.8, 4) is 11.5 Å². The Labute approximate surface area is 153 Å². The van der Waals surface area contributed by atoms with Crippen molar-refractivity contribution in [3.63, 3.8) is 0 Å². The summed E-state index contributed by atoms with van der Waals surface area (Å²) in [6.45, 7) is 9.74. The van der Waals surface area contributed by atoms with Gasteiger partial charge >= 0.3 is 0 Å². The first-order chi connectivity index (χ1) is 12.3. The van der Waals surface area contributed by atoms with Crippen LogP contribution in [0.4, 0.5) is 0 Å². The summed E-state index contributed by atoms with van der Waals surface area (Å²) in [5.41, 5.74) is 0.998. The number of aromatic nitrogens is 2. The summed E-state index contributed by atoms with van der Waals surface area (Å²) in [7, 11) is 0. The lowest BCUT2D eigenvalue weighted by Gasteiger charge is -2.37. The lowest BCUT2D eigenvalue weighted by atomic mass is 9.94. The molecule has 0 atom stereocenters. The molecule has 2 aromatic rings. The molecule has 0 unspecified atom stereocenters. The number of benzene rings is 1. The Bertz CT molecular complexity index is 797. The molecule has 26 heavy (non-hydrogen) atoms. The molecule has 0 spiro atoms. The Hall–Kier alpha value is -2.70. The molecule has 2 amide bonds. The second kappa shape index (κ2) is 6.90. The summed E-state index contributed by atoms with van der Waals surface area (Å²) in [4.78, 5) is 32.8. The van der Waals surface area contributed by atoms with Crippen molar-refractivity contribution >= 4 is 11.8 Å². The predicted molar refractivity (Wildman–Crippen MR) is 96.4 cm³/mol. The summed E-state index contributed by atoms with van der Waals surface area (Å²) in [5.74, 6) is 1.11. The summed E-state index contributed by atoms with van der Waals surface area (Å²) in [5, 5.41) is 3.77. The fourth-order valence-electron chi connectivity index (χ4n) is 2.94. The van der Waals surface area contributed by atoms with Gasteiger partial charge in [0, 0.05) is 42.7 Å². The summed E-state index contributed by atoms with van der Waals surface area (Å²) in [6.07, 6.45) is 0. The Morgan fingerprint density at radius 1 is 1.00 bits per heavy atom. The van der Waals surface area contributed by atoms with E-state index in [1.165, 1.54) is 0 Å². The maximum absolute atomic E-state index is 12.7. The number of aryl methyl sites for hydroxylation is 1. The van der Waals surface area contributed by atoms with Crippen molar-refractivity contribution in [3.05, 3.63) is 35.7 Å². The van der Waals surface area contributed by atoms with Crippen molar-refractivity contribution in [1.82, 2.24) is 19.9 Å². The van der Waals surface area contributed by atoms with Crippen LogP contribution in [0, 0.1) is 12.3 Å². The van der Waals surface area contributed by atoms with Crippen molar-refractivity contribution in [2.45, 2.75) is 27.7 Å². The standard InChI is InChI=1S/C19H24N4O3/c1-13-20-16(26-21-13)14-5-7-15(8-6-14)17(24)22-9-11-23(12-10-22)18(25)19(2,3)4/h5-8H,9-12H2,1-4H3. The van der Waals surface area contributed by atoms with Crippen LogP contribution in [0.15, 0.2) is 28.8 Å². The number of hydrogen-bond donors (Lipinski definition) is 0. The average molecular weight is 356 g/mol. The minimum absolute atomic E-state index is 0.0267. The minimum Gasteiger partial charge on any atom is -0.339 e. The number of hydrogen-bond acceptors (Lipinski definition) is 5. The van der Waals surface area contributed by atoms with E-state index < -0.39 is 5.41 Å². The van der Waals surface area contributed by atoms with E-state index in [0.29, 0.717) is 43.5 Å². The molecular formula is C19H24N4O3. The van der Waals surface area contributed by atoms with E-state index in [2.05, 4.69) is 10.1 Å². The van der Waals surface area contributed by atoms with E-state index in [9.17, 15) is 9.59 Å². The van der Waals surface area contributed by atoms with Gasteiger partial charge in [0.15, 0.2) is 5.82 Å². The van der Waals surface area contributed by atoms with Gasteiger partial charge in [-0.1, -0.05) is 25.9 Å². The van der Waals surface area contributed by atoms with E-state index in [-0.39, 0.29) is 11.8 Å². The van der Waals surface area contributed by atoms with Gasteiger partial charge in [-0.3, -0.25) is 9.59 Å². The molecule has 1 aromatic carbocycles. The van der Waals surface area contributed by atoms with E-state index in [1.54, 1.807) is 36.1 Å². The van der Waals surface area contributed by atoms with Crippen LogP contribution >= 0.6 is 0 Å². The Balaban J connectivity index is 1.63. The highest BCUT2D eigenvalue weighted by Gasteiger charge is 2.31. The molecule has 7 heteroatoms. The molecule has 138 valence electrons. The number of piperazine rings is 1. The first-order valence-corrected chi connectivity index (χ1v) is 8.75. The van der Waals surface area contributed by atoms with Crippen molar-refractivity contribution in [2.75, 3.05) is 26.2 Å². The maximum atomic E-state index is 12.7. The van der Waals surface area contributed by atoms with E-state index in [1.807, 2.05) is 25.7 Å². The second-order valence-corrected chi connectivity index (χ2v) is 7.56. The third-order valence-corrected chi connectivity index (χ3v) is 4.40. The fourth-order valence-corrected chi connectivity index (χ4v) is 2.94. The van der Waals surface area contributed by atoms with Crippen molar-refractivity contribution in [2.24, 2.45) is 5.41 Å². The summed E-state index contributed by atoms with van der Waals surface area (Å²) in [6, 6.07) is 7.15. The van der Waals surface area contributed by atoms with Crippen LogP contribution in [0.25, 0.3) is 11.5 Å². The highest BCUT2D eigenvalue weighted by atomic mass is 16.5. The van der Waals surface area contributed by atoms with E-state index in [0.717, 1.165) is 5.56 Å². The molecule has 0 saturated carbocycles. The highest BCUT2D eigenvalue weighted by Crippen LogP contribution is 2.21. The fraction of sp³-hybridized carbons (Fsp3) is 0.474. The van der Waals surface area contributed by atoms with Gasteiger partial charge in [0.2, 0.25) is 5.91 Å². The van der Waals surface area contributed by atoms with Crippen molar-refractivity contribution in [1.29, 1.82) is 0 Å².